The number of nitrogens with one attached hydrogen (secondary N) is 1. The summed E-state index contributed by atoms with van der Waals surface area (Å²) in [6.45, 7) is 14.8. The summed E-state index contributed by atoms with van der Waals surface area (Å²) < 4.78 is 33.7. The maximum absolute atomic E-state index is 14.3. The monoisotopic (exact) mass is 367 g/mol. The summed E-state index contributed by atoms with van der Waals surface area (Å²) in [7, 11) is 0. The standard InChI is InChI=1S/C21H31F2NO2/c1-14(2)16-10-9-11-17(12-16)20(7,8)24-18(25)26-13-19(5,6)21(22,23)15(3)4/h9-12,15H,1,13H2,2-8H3,(H,24,25). The topological polar surface area (TPSA) is 38.3 Å². The van der Waals surface area contributed by atoms with E-state index in [9.17, 15) is 13.6 Å². The van der Waals surface area contributed by atoms with Gasteiger partial charge in [0.2, 0.25) is 0 Å². The Morgan fingerprint density at radius 2 is 1.81 bits per heavy atom. The number of allylic oxidation sites excluding steroid dienone is 1. The quantitative estimate of drug-likeness (QED) is 0.642. The molecule has 26 heavy (non-hydrogen) atoms. The smallest absolute Gasteiger partial charge is 0.407 e. The molecule has 0 spiro atoms. The molecule has 1 amide bonds. The van der Waals surface area contributed by atoms with E-state index < -0.39 is 28.9 Å². The van der Waals surface area contributed by atoms with Gasteiger partial charge < -0.3 is 10.1 Å². The molecular weight excluding hydrogens is 336 g/mol. The Hall–Kier alpha value is -1.91. The van der Waals surface area contributed by atoms with Gasteiger partial charge >= 0.3 is 6.09 Å². The first kappa shape index (κ1) is 22.1. The van der Waals surface area contributed by atoms with E-state index in [4.69, 9.17) is 4.74 Å². The van der Waals surface area contributed by atoms with E-state index in [1.807, 2.05) is 45.0 Å². The minimum absolute atomic E-state index is 0.369. The molecule has 0 atom stereocenters. The highest BCUT2D eigenvalue weighted by molar-refractivity contribution is 5.69. The van der Waals surface area contributed by atoms with Crippen molar-refractivity contribution < 1.29 is 18.3 Å². The number of amides is 1. The molecule has 0 heterocycles. The van der Waals surface area contributed by atoms with Gasteiger partial charge in [0.1, 0.15) is 6.61 Å². The fourth-order valence-electron chi connectivity index (χ4n) is 2.66. The number of halogens is 2. The van der Waals surface area contributed by atoms with Gasteiger partial charge in [-0.15, -0.1) is 0 Å². The third-order valence-corrected chi connectivity index (χ3v) is 4.68. The van der Waals surface area contributed by atoms with Gasteiger partial charge in [-0.1, -0.05) is 58.0 Å². The van der Waals surface area contributed by atoms with Gasteiger partial charge in [-0.05, 0) is 38.0 Å². The number of hydrogen-bond donors (Lipinski definition) is 1. The molecule has 1 aromatic rings. The van der Waals surface area contributed by atoms with Crippen LogP contribution >= 0.6 is 0 Å². The lowest BCUT2D eigenvalue weighted by Crippen LogP contribution is -2.47. The molecule has 0 unspecified atom stereocenters. The lowest BCUT2D eigenvalue weighted by molar-refractivity contribution is -0.156. The van der Waals surface area contributed by atoms with Crippen molar-refractivity contribution in [3.05, 3.63) is 42.0 Å². The molecule has 0 fully saturated rings. The molecule has 5 heteroatoms. The molecule has 0 aliphatic rings. The SMILES string of the molecule is C=C(C)c1cccc(C(C)(C)NC(=O)OCC(C)(C)C(F)(F)C(C)C)c1. The summed E-state index contributed by atoms with van der Waals surface area (Å²) in [5.74, 6) is -3.79. The summed E-state index contributed by atoms with van der Waals surface area (Å²) in [6.07, 6.45) is -0.719. The van der Waals surface area contributed by atoms with Crippen LogP contribution in [0.15, 0.2) is 30.8 Å². The lowest BCUT2D eigenvalue weighted by Gasteiger charge is -2.36. The molecule has 3 nitrogen and oxygen atoms in total. The first-order valence-electron chi connectivity index (χ1n) is 8.80. The van der Waals surface area contributed by atoms with Gasteiger partial charge in [0.05, 0.1) is 11.0 Å². The second kappa shape index (κ2) is 7.77. The number of carbonyl (C=O) groups is 1. The van der Waals surface area contributed by atoms with Gasteiger partial charge in [0, 0.05) is 5.92 Å². The van der Waals surface area contributed by atoms with E-state index in [-0.39, 0.29) is 6.61 Å². The minimum atomic E-state index is -2.95. The molecule has 0 aliphatic heterocycles. The Labute approximate surface area is 155 Å². The van der Waals surface area contributed by atoms with E-state index in [1.165, 1.54) is 27.7 Å². The largest absolute Gasteiger partial charge is 0.449 e. The molecule has 0 aliphatic carbocycles. The van der Waals surface area contributed by atoms with E-state index >= 15 is 0 Å². The average Bonchev–Trinajstić information content (AvgIpc) is 2.52. The van der Waals surface area contributed by atoms with Crippen molar-refractivity contribution in [3.8, 4) is 0 Å². The Balaban J connectivity index is 2.81. The fraction of sp³-hybridized carbons (Fsp3) is 0.571. The van der Waals surface area contributed by atoms with Gasteiger partial charge in [-0.2, -0.15) is 0 Å². The summed E-state index contributed by atoms with van der Waals surface area (Å²) in [6, 6.07) is 7.67. The van der Waals surface area contributed by atoms with Crippen LogP contribution in [-0.4, -0.2) is 18.6 Å². The number of carbonyl (C=O) groups excluding carboxylic acids is 1. The molecule has 1 rings (SSSR count). The molecule has 1 N–H and O–H groups in total. The molecule has 0 radical (unpaired) electrons. The zero-order chi connectivity index (χ0) is 20.3. The number of alkyl halides is 2. The zero-order valence-electron chi connectivity index (χ0n) is 16.9. The highest BCUT2D eigenvalue weighted by Gasteiger charge is 2.49. The van der Waals surface area contributed by atoms with Crippen LogP contribution < -0.4 is 5.32 Å². The van der Waals surface area contributed by atoms with E-state index in [0.717, 1.165) is 16.7 Å². The molecule has 0 aromatic heterocycles. The van der Waals surface area contributed by atoms with Gasteiger partial charge in [0.15, 0.2) is 0 Å². The number of ether oxygens (including phenoxy) is 1. The van der Waals surface area contributed by atoms with Crippen LogP contribution in [-0.2, 0) is 10.3 Å². The second-order valence-electron chi connectivity index (χ2n) is 8.35. The fourth-order valence-corrected chi connectivity index (χ4v) is 2.66. The minimum Gasteiger partial charge on any atom is -0.449 e. The first-order valence-corrected chi connectivity index (χ1v) is 8.80. The number of alkyl carbamates (subject to hydrolysis) is 1. The van der Waals surface area contributed by atoms with Crippen molar-refractivity contribution in [2.75, 3.05) is 6.61 Å². The number of benzene rings is 1. The van der Waals surface area contributed by atoms with Crippen molar-refractivity contribution in [1.82, 2.24) is 5.32 Å². The summed E-state index contributed by atoms with van der Waals surface area (Å²) >= 11 is 0. The molecule has 1 aromatic carbocycles. The summed E-state index contributed by atoms with van der Waals surface area (Å²) in [5.41, 5.74) is 0.600. The van der Waals surface area contributed by atoms with E-state index in [0.29, 0.717) is 0 Å². The molecule has 146 valence electrons. The van der Waals surface area contributed by atoms with E-state index in [2.05, 4.69) is 11.9 Å². The first-order chi connectivity index (χ1) is 11.7. The number of hydrogen-bond acceptors (Lipinski definition) is 2. The summed E-state index contributed by atoms with van der Waals surface area (Å²) in [5, 5.41) is 2.76. The maximum Gasteiger partial charge on any atom is 0.407 e. The molecule has 0 bridgehead atoms. The summed E-state index contributed by atoms with van der Waals surface area (Å²) in [4.78, 5) is 12.2. The second-order valence-corrected chi connectivity index (χ2v) is 8.35. The van der Waals surface area contributed by atoms with Gasteiger partial charge in [-0.25, -0.2) is 13.6 Å². The van der Waals surface area contributed by atoms with Gasteiger partial charge in [-0.3, -0.25) is 0 Å². The van der Waals surface area contributed by atoms with Crippen molar-refractivity contribution >= 4 is 11.7 Å². The lowest BCUT2D eigenvalue weighted by atomic mass is 9.80. The highest BCUT2D eigenvalue weighted by Crippen LogP contribution is 2.42. The highest BCUT2D eigenvalue weighted by atomic mass is 19.3. The Kier molecular flexibility index (Phi) is 6.61. The Bertz CT molecular complexity index is 664. The van der Waals surface area contributed by atoms with E-state index in [1.54, 1.807) is 0 Å². The molecule has 0 saturated heterocycles. The van der Waals surface area contributed by atoms with Crippen LogP contribution in [0.2, 0.25) is 0 Å². The van der Waals surface area contributed by atoms with Crippen LogP contribution in [0.4, 0.5) is 13.6 Å². The third-order valence-electron chi connectivity index (χ3n) is 4.68. The maximum atomic E-state index is 14.3. The van der Waals surface area contributed by atoms with Gasteiger partial charge in [0.25, 0.3) is 5.92 Å². The van der Waals surface area contributed by atoms with Crippen molar-refractivity contribution in [3.63, 3.8) is 0 Å². The van der Waals surface area contributed by atoms with Crippen LogP contribution in [0.3, 0.4) is 0 Å². The van der Waals surface area contributed by atoms with Crippen LogP contribution in [0.5, 0.6) is 0 Å². The van der Waals surface area contributed by atoms with Crippen LogP contribution in [0.25, 0.3) is 5.57 Å². The van der Waals surface area contributed by atoms with Crippen molar-refractivity contribution in [2.24, 2.45) is 11.3 Å². The Morgan fingerprint density at radius 1 is 1.23 bits per heavy atom. The normalized spacial score (nSPS) is 12.8. The molecule has 0 saturated carbocycles. The Morgan fingerprint density at radius 3 is 2.31 bits per heavy atom. The molecular formula is C21H31F2NO2. The third kappa shape index (κ3) is 5.05. The van der Waals surface area contributed by atoms with Crippen LogP contribution in [0, 0.1) is 11.3 Å². The average molecular weight is 367 g/mol. The number of rotatable bonds is 7. The predicted molar refractivity (Wildman–Crippen MR) is 102 cm³/mol. The van der Waals surface area contributed by atoms with Crippen molar-refractivity contribution in [2.45, 2.75) is 59.9 Å². The van der Waals surface area contributed by atoms with Crippen LogP contribution in [0.1, 0.15) is 59.6 Å². The predicted octanol–water partition coefficient (Wildman–Crippen LogP) is 6.00. The zero-order valence-corrected chi connectivity index (χ0v) is 16.9. The van der Waals surface area contributed by atoms with Crippen molar-refractivity contribution in [1.29, 1.82) is 0 Å².